The number of aromatic nitrogens is 1. The van der Waals surface area contributed by atoms with E-state index in [1.807, 2.05) is 37.3 Å². The first kappa shape index (κ1) is 17.8. The summed E-state index contributed by atoms with van der Waals surface area (Å²) in [6.45, 7) is 3.97. The molecule has 6 heteroatoms. The van der Waals surface area contributed by atoms with Crippen LogP contribution in [0.4, 0.5) is 5.13 Å². The van der Waals surface area contributed by atoms with E-state index in [1.54, 1.807) is 24.3 Å². The summed E-state index contributed by atoms with van der Waals surface area (Å²) in [4.78, 5) is 29.4. The van der Waals surface area contributed by atoms with Crippen LogP contribution in [0.2, 0.25) is 0 Å². The molecule has 0 fully saturated rings. The molecule has 1 aromatic heterocycles. The van der Waals surface area contributed by atoms with E-state index < -0.39 is 0 Å². The molecule has 0 saturated heterocycles. The number of ketones is 1. The summed E-state index contributed by atoms with van der Waals surface area (Å²) in [7, 11) is 0. The Morgan fingerprint density at radius 3 is 2.38 bits per heavy atom. The number of thiazole rings is 1. The molecule has 0 atom stereocenters. The number of nitrogens with one attached hydrogen (secondary N) is 1. The Bertz CT molecular complexity index is 918. The minimum Gasteiger partial charge on any atom is -0.494 e. The molecule has 0 spiro atoms. The lowest BCUT2D eigenvalue weighted by atomic mass is 10.1. The molecule has 132 valence electrons. The smallest absolute Gasteiger partial charge is 0.257 e. The van der Waals surface area contributed by atoms with E-state index >= 15 is 0 Å². The van der Waals surface area contributed by atoms with Gasteiger partial charge in [0.05, 0.1) is 17.2 Å². The van der Waals surface area contributed by atoms with Gasteiger partial charge in [-0.25, -0.2) is 4.98 Å². The van der Waals surface area contributed by atoms with E-state index in [9.17, 15) is 9.59 Å². The van der Waals surface area contributed by atoms with Crippen molar-refractivity contribution in [3.8, 4) is 17.0 Å². The first-order valence-electron chi connectivity index (χ1n) is 8.20. The summed E-state index contributed by atoms with van der Waals surface area (Å²) in [5, 5.41) is 3.17. The van der Waals surface area contributed by atoms with Crippen molar-refractivity contribution in [2.24, 2.45) is 0 Å². The average Bonchev–Trinajstić information content (AvgIpc) is 3.07. The molecular formula is C20H18N2O3S. The number of nitrogens with zero attached hydrogens (tertiary/aromatic N) is 1. The second kappa shape index (κ2) is 7.93. The summed E-state index contributed by atoms with van der Waals surface area (Å²) < 4.78 is 5.37. The van der Waals surface area contributed by atoms with Crippen molar-refractivity contribution in [2.45, 2.75) is 13.8 Å². The molecule has 5 nitrogen and oxygen atoms in total. The largest absolute Gasteiger partial charge is 0.494 e. The van der Waals surface area contributed by atoms with Crippen molar-refractivity contribution in [3.05, 3.63) is 65.0 Å². The highest BCUT2D eigenvalue weighted by Gasteiger charge is 2.18. The van der Waals surface area contributed by atoms with Crippen molar-refractivity contribution in [3.63, 3.8) is 0 Å². The summed E-state index contributed by atoms with van der Waals surface area (Å²) in [5.74, 6) is 0.350. The molecule has 0 aliphatic carbocycles. The minimum atomic E-state index is -0.281. The van der Waals surface area contributed by atoms with Gasteiger partial charge in [0, 0.05) is 18.1 Å². The van der Waals surface area contributed by atoms with Crippen molar-refractivity contribution in [1.29, 1.82) is 0 Å². The maximum Gasteiger partial charge on any atom is 0.257 e. The third-order valence-electron chi connectivity index (χ3n) is 3.64. The van der Waals surface area contributed by atoms with Crippen LogP contribution in [-0.4, -0.2) is 23.3 Å². The number of hydrogen-bond acceptors (Lipinski definition) is 5. The molecule has 0 aliphatic rings. The number of benzene rings is 2. The van der Waals surface area contributed by atoms with Crippen LogP contribution in [0, 0.1) is 0 Å². The van der Waals surface area contributed by atoms with E-state index in [0.29, 0.717) is 33.6 Å². The Morgan fingerprint density at radius 1 is 1.08 bits per heavy atom. The molecule has 1 N–H and O–H groups in total. The second-order valence-electron chi connectivity index (χ2n) is 5.53. The highest BCUT2D eigenvalue weighted by Crippen LogP contribution is 2.31. The van der Waals surface area contributed by atoms with Crippen LogP contribution in [0.15, 0.2) is 54.6 Å². The molecule has 1 heterocycles. The fourth-order valence-corrected chi connectivity index (χ4v) is 3.32. The predicted molar refractivity (Wildman–Crippen MR) is 103 cm³/mol. The highest BCUT2D eigenvalue weighted by molar-refractivity contribution is 7.18. The molecule has 3 aromatic rings. The molecule has 0 saturated carbocycles. The summed E-state index contributed by atoms with van der Waals surface area (Å²) in [6.07, 6.45) is 0. The van der Waals surface area contributed by atoms with Crippen molar-refractivity contribution in [1.82, 2.24) is 4.98 Å². The molecule has 1 amide bonds. The van der Waals surface area contributed by atoms with Crippen LogP contribution in [0.25, 0.3) is 11.3 Å². The molecule has 0 aliphatic heterocycles. The van der Waals surface area contributed by atoms with Gasteiger partial charge in [-0.3, -0.25) is 14.9 Å². The lowest BCUT2D eigenvalue weighted by molar-refractivity contribution is 0.101. The summed E-state index contributed by atoms with van der Waals surface area (Å²) >= 11 is 1.18. The van der Waals surface area contributed by atoms with E-state index in [4.69, 9.17) is 4.74 Å². The number of carbonyl (C=O) groups excluding carboxylic acids is 2. The van der Waals surface area contributed by atoms with Gasteiger partial charge in [-0.2, -0.15) is 0 Å². The molecule has 26 heavy (non-hydrogen) atoms. The van der Waals surface area contributed by atoms with Gasteiger partial charge < -0.3 is 4.74 Å². The minimum absolute atomic E-state index is 0.0806. The number of carbonyl (C=O) groups is 2. The van der Waals surface area contributed by atoms with Gasteiger partial charge in [-0.15, -0.1) is 0 Å². The average molecular weight is 366 g/mol. The van der Waals surface area contributed by atoms with E-state index in [1.165, 1.54) is 18.3 Å². The molecule has 3 rings (SSSR count). The zero-order valence-corrected chi connectivity index (χ0v) is 15.3. The predicted octanol–water partition coefficient (Wildman–Crippen LogP) is 4.66. The number of hydrogen-bond donors (Lipinski definition) is 1. The third-order valence-corrected chi connectivity index (χ3v) is 4.71. The van der Waals surface area contributed by atoms with Crippen LogP contribution < -0.4 is 10.1 Å². The molecule has 0 radical (unpaired) electrons. The van der Waals surface area contributed by atoms with E-state index in [0.717, 1.165) is 5.56 Å². The molecular weight excluding hydrogens is 348 g/mol. The van der Waals surface area contributed by atoms with Gasteiger partial charge in [0.1, 0.15) is 5.75 Å². The van der Waals surface area contributed by atoms with Crippen molar-refractivity contribution < 1.29 is 14.3 Å². The van der Waals surface area contributed by atoms with E-state index in [-0.39, 0.29) is 11.7 Å². The fraction of sp³-hybridized carbons (Fsp3) is 0.150. The van der Waals surface area contributed by atoms with Crippen molar-refractivity contribution >= 4 is 28.2 Å². The number of amides is 1. The topological polar surface area (TPSA) is 68.3 Å². The number of rotatable bonds is 6. The SMILES string of the molecule is CCOc1ccc(C(=O)Nc2nc(-c3ccccc3)c(C(C)=O)s2)cc1. The lowest BCUT2D eigenvalue weighted by Crippen LogP contribution is -2.11. The Balaban J connectivity index is 1.83. The monoisotopic (exact) mass is 366 g/mol. The highest BCUT2D eigenvalue weighted by atomic mass is 32.1. The van der Waals surface area contributed by atoms with Crippen LogP contribution in [0.1, 0.15) is 33.9 Å². The van der Waals surface area contributed by atoms with Gasteiger partial charge in [-0.05, 0) is 31.2 Å². The number of Topliss-reactive ketones (excluding diaryl/α,β-unsaturated/α-hetero) is 1. The number of ether oxygens (including phenoxy) is 1. The van der Waals surface area contributed by atoms with Gasteiger partial charge in [0.15, 0.2) is 10.9 Å². The third kappa shape index (κ3) is 3.97. The number of anilines is 1. The van der Waals surface area contributed by atoms with Gasteiger partial charge in [-0.1, -0.05) is 41.7 Å². The Kier molecular flexibility index (Phi) is 5.43. The van der Waals surface area contributed by atoms with Crippen LogP contribution in [0.3, 0.4) is 0 Å². The van der Waals surface area contributed by atoms with Gasteiger partial charge in [0.25, 0.3) is 5.91 Å². The first-order chi connectivity index (χ1) is 12.6. The maximum atomic E-state index is 12.4. The lowest BCUT2D eigenvalue weighted by Gasteiger charge is -2.04. The van der Waals surface area contributed by atoms with Gasteiger partial charge in [0.2, 0.25) is 0 Å². The quantitative estimate of drug-likeness (QED) is 0.644. The Labute approximate surface area is 155 Å². The fourth-order valence-electron chi connectivity index (χ4n) is 2.44. The van der Waals surface area contributed by atoms with Crippen LogP contribution in [0.5, 0.6) is 5.75 Å². The van der Waals surface area contributed by atoms with Gasteiger partial charge >= 0.3 is 0 Å². The zero-order chi connectivity index (χ0) is 18.5. The molecule has 0 bridgehead atoms. The normalized spacial score (nSPS) is 10.4. The maximum absolute atomic E-state index is 12.4. The zero-order valence-electron chi connectivity index (χ0n) is 14.5. The molecule has 2 aromatic carbocycles. The summed E-state index contributed by atoms with van der Waals surface area (Å²) in [5.41, 5.74) is 1.93. The van der Waals surface area contributed by atoms with Crippen LogP contribution >= 0.6 is 11.3 Å². The Morgan fingerprint density at radius 2 is 1.77 bits per heavy atom. The first-order valence-corrected chi connectivity index (χ1v) is 9.01. The standard InChI is InChI=1S/C20H18N2O3S/c1-3-25-16-11-9-15(10-12-16)19(24)22-20-21-17(18(26-20)13(2)23)14-7-5-4-6-8-14/h4-12H,3H2,1-2H3,(H,21,22,24). The Hall–Kier alpha value is -2.99. The molecule has 0 unspecified atom stereocenters. The second-order valence-corrected chi connectivity index (χ2v) is 6.53. The van der Waals surface area contributed by atoms with Crippen LogP contribution in [-0.2, 0) is 0 Å². The van der Waals surface area contributed by atoms with Crippen molar-refractivity contribution in [2.75, 3.05) is 11.9 Å². The summed E-state index contributed by atoms with van der Waals surface area (Å²) in [6, 6.07) is 16.3. The van der Waals surface area contributed by atoms with E-state index in [2.05, 4.69) is 10.3 Å².